The van der Waals surface area contributed by atoms with Gasteiger partial charge in [-0.2, -0.15) is 79.0 Å². The van der Waals surface area contributed by atoms with E-state index < -0.39 is 123 Å². The molecule has 0 aliphatic carbocycles. The minimum atomic E-state index is -6.11. The second kappa shape index (κ2) is 10.0. The van der Waals surface area contributed by atoms with Crippen LogP contribution in [0.25, 0.3) is 5.76 Å². The highest BCUT2D eigenvalue weighted by Gasteiger charge is 2.49. The van der Waals surface area contributed by atoms with Gasteiger partial charge >= 0.3 is 37.1 Å². The van der Waals surface area contributed by atoms with Crippen LogP contribution in [0.1, 0.15) is 49.3 Å². The normalized spacial score (nSPS) is 14.4. The Hall–Kier alpha value is -3.61. The van der Waals surface area contributed by atoms with Gasteiger partial charge in [0, 0.05) is 17.2 Å². The van der Waals surface area contributed by atoms with Crippen molar-refractivity contribution in [3.63, 3.8) is 0 Å². The highest BCUT2D eigenvalue weighted by Crippen LogP contribution is 2.47. The number of carbonyl (C=O) groups excluding carboxylic acids is 1. The van der Waals surface area contributed by atoms with Crippen molar-refractivity contribution in [3.8, 4) is 0 Å². The Kier molecular flexibility index (Phi) is 8.22. The fourth-order valence-electron chi connectivity index (χ4n) is 3.30. The van der Waals surface area contributed by atoms with Gasteiger partial charge in [-0.15, -0.1) is 0 Å². The number of halogens is 18. The summed E-state index contributed by atoms with van der Waals surface area (Å²) in [5.74, 6) is -5.04. The summed E-state index contributed by atoms with van der Waals surface area (Å²) >= 11 is 0. The molecule has 228 valence electrons. The fourth-order valence-corrected chi connectivity index (χ4v) is 3.30. The SMILES string of the molecule is O=C(C=C(O)c1cc(C(F)(F)F)c(C(F)(F)F)cc1C(F)(F)F)c1cc(C(F)(F)F)c(C(F)(F)F)cc1C(F)(F)F. The van der Waals surface area contributed by atoms with Gasteiger partial charge in [-0.05, 0) is 24.3 Å². The molecule has 1 N–H and O–H groups in total. The predicted molar refractivity (Wildman–Crippen MR) is 97.8 cm³/mol. The summed E-state index contributed by atoms with van der Waals surface area (Å²) in [5.41, 5.74) is -21.8. The zero-order valence-electron chi connectivity index (χ0n) is 18.5. The molecule has 0 aliphatic heterocycles. The molecule has 0 aliphatic rings. The Balaban J connectivity index is 2.96. The van der Waals surface area contributed by atoms with Gasteiger partial charge in [-0.25, -0.2) is 0 Å². The molecular weight excluding hydrogens is 626 g/mol. The number of aliphatic hydroxyl groups excluding tert-OH is 1. The lowest BCUT2D eigenvalue weighted by Gasteiger charge is -2.21. The Morgan fingerprint density at radius 1 is 0.439 bits per heavy atom. The van der Waals surface area contributed by atoms with Crippen molar-refractivity contribution in [2.75, 3.05) is 0 Å². The lowest BCUT2D eigenvalue weighted by molar-refractivity contribution is -0.163. The van der Waals surface area contributed by atoms with Crippen LogP contribution in [0.2, 0.25) is 0 Å². The van der Waals surface area contributed by atoms with E-state index in [0.29, 0.717) is 0 Å². The summed E-state index contributed by atoms with van der Waals surface area (Å²) in [7, 11) is 0. The number of rotatable bonds is 3. The lowest BCUT2D eigenvalue weighted by atomic mass is 9.92. The lowest BCUT2D eigenvalue weighted by Crippen LogP contribution is -2.22. The number of hydrogen-bond donors (Lipinski definition) is 1. The van der Waals surface area contributed by atoms with Gasteiger partial charge in [0.1, 0.15) is 5.76 Å². The highest BCUT2D eigenvalue weighted by molar-refractivity contribution is 6.09. The Labute approximate surface area is 213 Å². The third-order valence-corrected chi connectivity index (χ3v) is 4.96. The van der Waals surface area contributed by atoms with Crippen LogP contribution in [0, 0.1) is 0 Å². The summed E-state index contributed by atoms with van der Waals surface area (Å²) in [5, 5.41) is 9.90. The summed E-state index contributed by atoms with van der Waals surface area (Å²) in [6.45, 7) is 0. The van der Waals surface area contributed by atoms with E-state index in [0.717, 1.165) is 0 Å². The van der Waals surface area contributed by atoms with E-state index in [9.17, 15) is 88.9 Å². The number of carbonyl (C=O) groups is 1. The van der Waals surface area contributed by atoms with Gasteiger partial charge in [0.05, 0.1) is 33.4 Å². The van der Waals surface area contributed by atoms with Crippen molar-refractivity contribution >= 4 is 11.5 Å². The first kappa shape index (κ1) is 33.6. The Morgan fingerprint density at radius 2 is 0.683 bits per heavy atom. The van der Waals surface area contributed by atoms with Gasteiger partial charge in [0.15, 0.2) is 5.78 Å². The van der Waals surface area contributed by atoms with Crippen molar-refractivity contribution < 1.29 is 88.9 Å². The smallest absolute Gasteiger partial charge is 0.417 e. The molecule has 0 saturated carbocycles. The van der Waals surface area contributed by atoms with E-state index in [1.165, 1.54) is 0 Å². The van der Waals surface area contributed by atoms with Crippen LogP contribution in [0.4, 0.5) is 79.0 Å². The van der Waals surface area contributed by atoms with Crippen LogP contribution >= 0.6 is 0 Å². The molecule has 0 saturated heterocycles. The first-order chi connectivity index (χ1) is 18.0. The molecule has 0 radical (unpaired) electrons. The summed E-state index contributed by atoms with van der Waals surface area (Å²) in [6.07, 6.45) is -37.3. The van der Waals surface area contributed by atoms with Gasteiger partial charge in [0.25, 0.3) is 0 Å². The molecule has 0 heterocycles. The van der Waals surface area contributed by atoms with Crippen LogP contribution in [0.5, 0.6) is 0 Å². The quantitative estimate of drug-likeness (QED) is 0.159. The van der Waals surface area contributed by atoms with Crippen molar-refractivity contribution in [3.05, 3.63) is 74.8 Å². The zero-order chi connectivity index (χ0) is 32.3. The van der Waals surface area contributed by atoms with Gasteiger partial charge < -0.3 is 5.11 Å². The molecule has 0 fully saturated rings. The molecule has 2 nitrogen and oxygen atoms in total. The van der Waals surface area contributed by atoms with Crippen molar-refractivity contribution in [1.29, 1.82) is 0 Å². The standard InChI is InChI=1S/C21H6F18O2/c22-16(23,24)8-3-12(20(34,35)36)10(18(28,29)30)1-6(8)14(40)5-15(41)7-2-11(19(31,32)33)13(21(37,38)39)4-9(7)17(25,26)27/h1-5,40H. The average Bonchev–Trinajstić information content (AvgIpc) is 2.73. The van der Waals surface area contributed by atoms with Crippen molar-refractivity contribution in [2.24, 2.45) is 0 Å². The minimum absolute atomic E-state index is 0.837. The van der Waals surface area contributed by atoms with E-state index in [1.54, 1.807) is 0 Å². The molecule has 0 atom stereocenters. The maximum Gasteiger partial charge on any atom is 0.417 e. The van der Waals surface area contributed by atoms with E-state index >= 15 is 0 Å². The van der Waals surface area contributed by atoms with Gasteiger partial charge in [-0.3, -0.25) is 4.79 Å². The second-order valence-corrected chi connectivity index (χ2v) is 7.77. The largest absolute Gasteiger partial charge is 0.507 e. The second-order valence-electron chi connectivity index (χ2n) is 7.77. The maximum atomic E-state index is 13.4. The molecule has 0 bridgehead atoms. The van der Waals surface area contributed by atoms with Crippen LogP contribution in [-0.4, -0.2) is 10.9 Å². The third kappa shape index (κ3) is 7.38. The molecule has 0 spiro atoms. The number of hydrogen-bond acceptors (Lipinski definition) is 2. The summed E-state index contributed by atoms with van der Waals surface area (Å²) in [4.78, 5) is 12.3. The number of allylic oxidation sites excluding steroid dienone is 1. The Bertz CT molecular complexity index is 1360. The maximum absolute atomic E-state index is 13.4. The fraction of sp³-hybridized carbons (Fsp3) is 0.286. The number of aliphatic hydroxyl groups is 1. The zero-order valence-corrected chi connectivity index (χ0v) is 18.5. The molecule has 41 heavy (non-hydrogen) atoms. The molecular formula is C21H6F18O2. The van der Waals surface area contributed by atoms with Gasteiger partial charge in [0.2, 0.25) is 0 Å². The van der Waals surface area contributed by atoms with Crippen molar-refractivity contribution in [1.82, 2.24) is 0 Å². The Morgan fingerprint density at radius 3 is 0.976 bits per heavy atom. The molecule has 0 unspecified atom stereocenters. The summed E-state index contributed by atoms with van der Waals surface area (Å²) in [6, 6.07) is -4.34. The first-order valence-corrected chi connectivity index (χ1v) is 9.72. The number of alkyl halides is 18. The first-order valence-electron chi connectivity index (χ1n) is 9.72. The molecule has 20 heteroatoms. The third-order valence-electron chi connectivity index (χ3n) is 4.96. The van der Waals surface area contributed by atoms with Crippen LogP contribution in [-0.2, 0) is 37.1 Å². The average molecular weight is 632 g/mol. The van der Waals surface area contributed by atoms with Crippen LogP contribution in [0.15, 0.2) is 30.3 Å². The monoisotopic (exact) mass is 632 g/mol. The van der Waals surface area contributed by atoms with Crippen LogP contribution < -0.4 is 0 Å². The predicted octanol–water partition coefficient (Wildman–Crippen LogP) is 9.58. The molecule has 0 amide bonds. The van der Waals surface area contributed by atoms with E-state index in [4.69, 9.17) is 0 Å². The summed E-state index contributed by atoms with van der Waals surface area (Å²) < 4.78 is 237. The van der Waals surface area contributed by atoms with E-state index in [-0.39, 0.29) is 0 Å². The van der Waals surface area contributed by atoms with E-state index in [2.05, 4.69) is 0 Å². The van der Waals surface area contributed by atoms with E-state index in [1.807, 2.05) is 0 Å². The van der Waals surface area contributed by atoms with Crippen LogP contribution in [0.3, 0.4) is 0 Å². The molecule has 2 aromatic rings. The minimum Gasteiger partial charge on any atom is -0.507 e. The number of ketones is 1. The topological polar surface area (TPSA) is 37.3 Å². The number of benzene rings is 2. The molecule has 0 aromatic heterocycles. The highest BCUT2D eigenvalue weighted by atomic mass is 19.4. The van der Waals surface area contributed by atoms with Gasteiger partial charge in [-0.1, -0.05) is 0 Å². The molecule has 2 rings (SSSR count). The van der Waals surface area contributed by atoms with Crippen molar-refractivity contribution in [2.45, 2.75) is 37.1 Å². The molecule has 2 aromatic carbocycles.